The average molecular weight is 259 g/mol. The molecule has 0 atom stereocenters. The molecule has 0 unspecified atom stereocenters. The van der Waals surface area contributed by atoms with Crippen LogP contribution in [0.4, 0.5) is 0 Å². The Morgan fingerprint density at radius 1 is 1.37 bits per heavy atom. The van der Waals surface area contributed by atoms with Crippen LogP contribution >= 0.6 is 0 Å². The van der Waals surface area contributed by atoms with E-state index in [1.165, 1.54) is 11.1 Å². The molecule has 102 valence electrons. The van der Waals surface area contributed by atoms with E-state index in [4.69, 9.17) is 4.74 Å². The molecule has 0 fully saturated rings. The highest BCUT2D eigenvalue weighted by Crippen LogP contribution is 2.11. The number of nitrogens with one attached hydrogen (secondary N) is 1. The summed E-state index contributed by atoms with van der Waals surface area (Å²) >= 11 is 0. The molecule has 0 saturated heterocycles. The molecule has 1 aromatic heterocycles. The summed E-state index contributed by atoms with van der Waals surface area (Å²) in [7, 11) is 0. The Morgan fingerprint density at radius 2 is 2.26 bits per heavy atom. The highest BCUT2D eigenvalue weighted by Gasteiger charge is 1.97. The van der Waals surface area contributed by atoms with Crippen LogP contribution in [0.2, 0.25) is 0 Å². The van der Waals surface area contributed by atoms with E-state index >= 15 is 0 Å². The second kappa shape index (κ2) is 6.95. The molecule has 2 rings (SSSR count). The summed E-state index contributed by atoms with van der Waals surface area (Å²) in [6, 6.07) is 8.11. The smallest absolute Gasteiger partial charge is 0.119 e. The van der Waals surface area contributed by atoms with Crippen LogP contribution in [-0.4, -0.2) is 22.9 Å². The molecule has 2 aromatic rings. The minimum Gasteiger partial charge on any atom is -0.492 e. The molecule has 4 nitrogen and oxygen atoms in total. The van der Waals surface area contributed by atoms with Crippen LogP contribution in [0, 0.1) is 6.92 Å². The largest absolute Gasteiger partial charge is 0.492 e. The summed E-state index contributed by atoms with van der Waals surface area (Å²) in [5, 5.41) is 7.58. The van der Waals surface area contributed by atoms with Crippen molar-refractivity contribution < 1.29 is 4.74 Å². The van der Waals surface area contributed by atoms with Crippen molar-refractivity contribution in [2.75, 3.05) is 13.2 Å². The zero-order valence-electron chi connectivity index (χ0n) is 11.6. The molecule has 1 aromatic carbocycles. The molecular weight excluding hydrogens is 238 g/mol. The van der Waals surface area contributed by atoms with Crippen molar-refractivity contribution in [1.82, 2.24) is 15.1 Å². The normalized spacial score (nSPS) is 10.6. The molecule has 0 spiro atoms. The topological polar surface area (TPSA) is 39.1 Å². The Bertz CT molecular complexity index is 508. The highest BCUT2D eigenvalue weighted by molar-refractivity contribution is 5.27. The molecule has 19 heavy (non-hydrogen) atoms. The average Bonchev–Trinajstić information content (AvgIpc) is 2.86. The monoisotopic (exact) mass is 259 g/mol. The molecule has 0 radical (unpaired) electrons. The maximum absolute atomic E-state index is 5.67. The number of nitrogens with zero attached hydrogens (tertiary/aromatic N) is 2. The van der Waals surface area contributed by atoms with Gasteiger partial charge in [-0.25, -0.2) is 0 Å². The van der Waals surface area contributed by atoms with Gasteiger partial charge in [-0.2, -0.15) is 5.10 Å². The summed E-state index contributed by atoms with van der Waals surface area (Å²) in [5.74, 6) is 0.931. The number of ether oxygens (including phenoxy) is 1. The summed E-state index contributed by atoms with van der Waals surface area (Å²) < 4.78 is 7.60. The minimum atomic E-state index is 0.672. The molecule has 0 aliphatic heterocycles. The lowest BCUT2D eigenvalue weighted by Crippen LogP contribution is -2.20. The number of aryl methyl sites for hydroxylation is 2. The fourth-order valence-electron chi connectivity index (χ4n) is 1.85. The first kappa shape index (κ1) is 13.6. The lowest BCUT2D eigenvalue weighted by molar-refractivity contribution is 0.313. The van der Waals surface area contributed by atoms with Gasteiger partial charge in [-0.1, -0.05) is 12.1 Å². The van der Waals surface area contributed by atoms with Crippen molar-refractivity contribution in [3.8, 4) is 5.75 Å². The lowest BCUT2D eigenvalue weighted by Gasteiger charge is -2.07. The van der Waals surface area contributed by atoms with Gasteiger partial charge in [-0.3, -0.25) is 4.68 Å². The van der Waals surface area contributed by atoms with Crippen molar-refractivity contribution in [2.24, 2.45) is 0 Å². The van der Waals surface area contributed by atoms with E-state index in [0.29, 0.717) is 6.61 Å². The Labute approximate surface area is 114 Å². The quantitative estimate of drug-likeness (QED) is 0.776. The SMILES string of the molecule is CCn1cc(CNCCOc2cccc(C)c2)cn1. The van der Waals surface area contributed by atoms with E-state index in [-0.39, 0.29) is 0 Å². The van der Waals surface area contributed by atoms with Gasteiger partial charge in [0.15, 0.2) is 0 Å². The predicted molar refractivity (Wildman–Crippen MR) is 76.3 cm³/mol. The Hall–Kier alpha value is -1.81. The Morgan fingerprint density at radius 3 is 3.00 bits per heavy atom. The van der Waals surface area contributed by atoms with E-state index in [9.17, 15) is 0 Å². The number of aromatic nitrogens is 2. The van der Waals surface area contributed by atoms with Crippen molar-refractivity contribution >= 4 is 0 Å². The maximum Gasteiger partial charge on any atom is 0.119 e. The van der Waals surface area contributed by atoms with Crippen LogP contribution in [0.1, 0.15) is 18.1 Å². The second-order valence-corrected chi connectivity index (χ2v) is 4.55. The van der Waals surface area contributed by atoms with Crippen LogP contribution in [0.25, 0.3) is 0 Å². The first-order chi connectivity index (χ1) is 9.28. The van der Waals surface area contributed by atoms with Gasteiger partial charge in [0.1, 0.15) is 12.4 Å². The number of hydrogen-bond donors (Lipinski definition) is 1. The molecule has 1 heterocycles. The highest BCUT2D eigenvalue weighted by atomic mass is 16.5. The van der Waals surface area contributed by atoms with Gasteiger partial charge in [0.25, 0.3) is 0 Å². The molecule has 4 heteroatoms. The molecule has 0 aliphatic carbocycles. The minimum absolute atomic E-state index is 0.672. The van der Waals surface area contributed by atoms with E-state index in [2.05, 4.69) is 36.5 Å². The molecule has 0 aliphatic rings. The van der Waals surface area contributed by atoms with Crippen LogP contribution in [0.5, 0.6) is 5.75 Å². The first-order valence-corrected chi connectivity index (χ1v) is 6.69. The predicted octanol–water partition coefficient (Wildman–Crippen LogP) is 2.38. The number of benzene rings is 1. The first-order valence-electron chi connectivity index (χ1n) is 6.69. The molecule has 0 saturated carbocycles. The molecular formula is C15H21N3O. The fraction of sp³-hybridized carbons (Fsp3) is 0.400. The Balaban J connectivity index is 1.64. The third-order valence-corrected chi connectivity index (χ3v) is 2.88. The van der Waals surface area contributed by atoms with E-state index in [1.54, 1.807) is 0 Å². The zero-order chi connectivity index (χ0) is 13.5. The van der Waals surface area contributed by atoms with Crippen molar-refractivity contribution in [3.05, 3.63) is 47.8 Å². The standard InChI is InChI=1S/C15H21N3O/c1-3-18-12-14(11-17-18)10-16-7-8-19-15-6-4-5-13(2)9-15/h4-6,9,11-12,16H,3,7-8,10H2,1-2H3. The number of rotatable bonds is 7. The van der Waals surface area contributed by atoms with E-state index < -0.39 is 0 Å². The van der Waals surface area contributed by atoms with Crippen LogP contribution in [0.3, 0.4) is 0 Å². The van der Waals surface area contributed by atoms with Crippen LogP contribution < -0.4 is 10.1 Å². The molecule has 1 N–H and O–H groups in total. The van der Waals surface area contributed by atoms with Gasteiger partial charge in [-0.15, -0.1) is 0 Å². The van der Waals surface area contributed by atoms with Gasteiger partial charge < -0.3 is 10.1 Å². The van der Waals surface area contributed by atoms with Gasteiger partial charge in [0.05, 0.1) is 6.20 Å². The third kappa shape index (κ3) is 4.41. The molecule has 0 amide bonds. The zero-order valence-corrected chi connectivity index (χ0v) is 11.6. The van der Waals surface area contributed by atoms with E-state index in [0.717, 1.165) is 25.4 Å². The molecule has 0 bridgehead atoms. The van der Waals surface area contributed by atoms with Gasteiger partial charge >= 0.3 is 0 Å². The Kier molecular flexibility index (Phi) is 4.98. The maximum atomic E-state index is 5.67. The lowest BCUT2D eigenvalue weighted by atomic mass is 10.2. The van der Waals surface area contributed by atoms with Crippen molar-refractivity contribution in [1.29, 1.82) is 0 Å². The van der Waals surface area contributed by atoms with Gasteiger partial charge in [0.2, 0.25) is 0 Å². The van der Waals surface area contributed by atoms with Crippen molar-refractivity contribution in [2.45, 2.75) is 26.9 Å². The summed E-state index contributed by atoms with van der Waals surface area (Å²) in [4.78, 5) is 0. The fourth-order valence-corrected chi connectivity index (χ4v) is 1.85. The summed E-state index contributed by atoms with van der Waals surface area (Å²) in [5.41, 5.74) is 2.43. The van der Waals surface area contributed by atoms with Crippen LogP contribution in [-0.2, 0) is 13.1 Å². The van der Waals surface area contributed by atoms with Crippen LogP contribution in [0.15, 0.2) is 36.7 Å². The summed E-state index contributed by atoms with van der Waals surface area (Å²) in [6.45, 7) is 7.39. The van der Waals surface area contributed by atoms with Crippen molar-refractivity contribution in [3.63, 3.8) is 0 Å². The second-order valence-electron chi connectivity index (χ2n) is 4.55. The van der Waals surface area contributed by atoms with Gasteiger partial charge in [-0.05, 0) is 31.5 Å². The summed E-state index contributed by atoms with van der Waals surface area (Å²) in [6.07, 6.45) is 3.96. The number of hydrogen-bond acceptors (Lipinski definition) is 3. The third-order valence-electron chi connectivity index (χ3n) is 2.88. The van der Waals surface area contributed by atoms with E-state index in [1.807, 2.05) is 29.1 Å². The van der Waals surface area contributed by atoms with Gasteiger partial charge in [0, 0.05) is 31.4 Å².